The summed E-state index contributed by atoms with van der Waals surface area (Å²) in [6.07, 6.45) is 2.22. The predicted molar refractivity (Wildman–Crippen MR) is 118 cm³/mol. The minimum absolute atomic E-state index is 0.0154. The first kappa shape index (κ1) is 23.4. The Morgan fingerprint density at radius 3 is 2.69 bits per heavy atom. The molecule has 2 aromatic rings. The number of hydrogen-bond donors (Lipinski definition) is 1. The summed E-state index contributed by atoms with van der Waals surface area (Å²) >= 11 is 3.43. The Hall–Kier alpha value is -3.27. The molecule has 170 valence electrons. The van der Waals surface area contributed by atoms with Gasteiger partial charge in [0.1, 0.15) is 11.5 Å². The fraction of sp³-hybridized carbons (Fsp3) is 0.318. The van der Waals surface area contributed by atoms with E-state index in [9.17, 15) is 14.4 Å². The summed E-state index contributed by atoms with van der Waals surface area (Å²) in [6, 6.07) is 5.85. The lowest BCUT2D eigenvalue weighted by atomic mass is 10.1. The zero-order chi connectivity index (χ0) is 23.4. The Kier molecular flexibility index (Phi) is 7.24. The molecule has 3 rings (SSSR count). The molecular formula is C22H23BrN2O7. The maximum absolute atomic E-state index is 12.9. The number of furan rings is 1. The third-order valence-corrected chi connectivity index (χ3v) is 5.24. The minimum atomic E-state index is -0.647. The standard InChI is InChI=1S/C22H23BrN2O7/c1-5-12(2)31-19-13(8-14(23)10-18(19)29-3)9-16-20(26)25(22(28)24-16)11-15-6-7-17(32-15)21(27)30-4/h6-10,12H,5,11H2,1-4H3,(H,24,28)/b16-9-/t12-/m1/s1. The number of hydrogen-bond acceptors (Lipinski definition) is 7. The highest BCUT2D eigenvalue weighted by molar-refractivity contribution is 9.10. The van der Waals surface area contributed by atoms with Crippen molar-refractivity contribution in [3.05, 3.63) is 51.5 Å². The van der Waals surface area contributed by atoms with Crippen molar-refractivity contribution >= 4 is 39.9 Å². The van der Waals surface area contributed by atoms with Gasteiger partial charge in [-0.15, -0.1) is 0 Å². The Morgan fingerprint density at radius 2 is 2.03 bits per heavy atom. The van der Waals surface area contributed by atoms with Crippen molar-refractivity contribution < 1.29 is 33.0 Å². The van der Waals surface area contributed by atoms with Crippen molar-refractivity contribution in [2.24, 2.45) is 0 Å². The van der Waals surface area contributed by atoms with Gasteiger partial charge in [0.05, 0.1) is 26.9 Å². The van der Waals surface area contributed by atoms with E-state index in [-0.39, 0.29) is 29.9 Å². The number of rotatable bonds is 8. The van der Waals surface area contributed by atoms with E-state index in [1.807, 2.05) is 13.8 Å². The molecule has 0 bridgehead atoms. The second kappa shape index (κ2) is 9.90. The van der Waals surface area contributed by atoms with Crippen LogP contribution in [-0.4, -0.2) is 43.1 Å². The quantitative estimate of drug-likeness (QED) is 0.326. The molecule has 2 heterocycles. The molecule has 1 aromatic heterocycles. The fourth-order valence-corrected chi connectivity index (χ4v) is 3.41. The van der Waals surface area contributed by atoms with Crippen LogP contribution in [0.5, 0.6) is 11.5 Å². The molecule has 1 saturated heterocycles. The van der Waals surface area contributed by atoms with Crippen LogP contribution in [0.2, 0.25) is 0 Å². The zero-order valence-corrected chi connectivity index (χ0v) is 19.6. The molecule has 3 amide bonds. The largest absolute Gasteiger partial charge is 0.493 e. The molecule has 1 fully saturated rings. The van der Waals surface area contributed by atoms with Gasteiger partial charge in [-0.3, -0.25) is 9.69 Å². The van der Waals surface area contributed by atoms with E-state index < -0.39 is 17.9 Å². The van der Waals surface area contributed by atoms with Crippen LogP contribution in [-0.2, 0) is 16.1 Å². The van der Waals surface area contributed by atoms with E-state index in [1.165, 1.54) is 32.4 Å². The van der Waals surface area contributed by atoms with E-state index in [0.717, 1.165) is 15.8 Å². The molecule has 1 atom stereocenters. The number of halogens is 1. The number of nitrogens with one attached hydrogen (secondary N) is 1. The number of urea groups is 1. The number of esters is 1. The van der Waals surface area contributed by atoms with Crippen LogP contribution in [0.4, 0.5) is 4.79 Å². The summed E-state index contributed by atoms with van der Waals surface area (Å²) < 4.78 is 22.1. The third-order valence-electron chi connectivity index (χ3n) is 4.79. The van der Waals surface area contributed by atoms with Gasteiger partial charge < -0.3 is 23.9 Å². The lowest BCUT2D eigenvalue weighted by molar-refractivity contribution is -0.123. The van der Waals surface area contributed by atoms with Gasteiger partial charge in [-0.1, -0.05) is 22.9 Å². The number of carbonyl (C=O) groups excluding carboxylic acids is 3. The molecule has 0 radical (unpaired) electrons. The van der Waals surface area contributed by atoms with E-state index in [1.54, 1.807) is 12.1 Å². The molecule has 1 N–H and O–H groups in total. The number of benzene rings is 1. The summed E-state index contributed by atoms with van der Waals surface area (Å²) in [4.78, 5) is 37.9. The van der Waals surface area contributed by atoms with Crippen molar-refractivity contribution in [1.29, 1.82) is 0 Å². The molecule has 0 aliphatic carbocycles. The summed E-state index contributed by atoms with van der Waals surface area (Å²) in [6.45, 7) is 3.78. The number of carbonyl (C=O) groups is 3. The van der Waals surface area contributed by atoms with E-state index in [0.29, 0.717) is 17.1 Å². The summed E-state index contributed by atoms with van der Waals surface area (Å²) in [5.41, 5.74) is 0.636. The first-order valence-electron chi connectivity index (χ1n) is 9.83. The second-order valence-electron chi connectivity index (χ2n) is 7.00. The van der Waals surface area contributed by atoms with Crippen LogP contribution in [0, 0.1) is 0 Å². The number of amides is 3. The van der Waals surface area contributed by atoms with Crippen LogP contribution >= 0.6 is 15.9 Å². The average Bonchev–Trinajstić information content (AvgIpc) is 3.35. The normalized spacial score (nSPS) is 15.7. The van der Waals surface area contributed by atoms with Crippen molar-refractivity contribution in [3.63, 3.8) is 0 Å². The number of imide groups is 1. The molecule has 0 unspecified atom stereocenters. The van der Waals surface area contributed by atoms with Gasteiger partial charge in [0, 0.05) is 10.0 Å². The third kappa shape index (κ3) is 4.96. The van der Waals surface area contributed by atoms with Gasteiger partial charge in [0.2, 0.25) is 5.76 Å². The highest BCUT2D eigenvalue weighted by Crippen LogP contribution is 2.37. The summed E-state index contributed by atoms with van der Waals surface area (Å²) in [5.74, 6) is 0.0160. The Balaban J connectivity index is 1.89. The van der Waals surface area contributed by atoms with Gasteiger partial charge in [0.15, 0.2) is 11.5 Å². The fourth-order valence-electron chi connectivity index (χ4n) is 2.96. The number of methoxy groups -OCH3 is 2. The number of ether oxygens (including phenoxy) is 3. The van der Waals surface area contributed by atoms with E-state index in [2.05, 4.69) is 26.0 Å². The molecule has 1 aliphatic heterocycles. The molecule has 1 aliphatic rings. The molecule has 0 saturated carbocycles. The van der Waals surface area contributed by atoms with Gasteiger partial charge >= 0.3 is 12.0 Å². The Labute approximate surface area is 193 Å². The molecule has 32 heavy (non-hydrogen) atoms. The van der Waals surface area contributed by atoms with Gasteiger partial charge in [-0.2, -0.15) is 0 Å². The molecule has 9 nitrogen and oxygen atoms in total. The summed E-state index contributed by atoms with van der Waals surface area (Å²) in [5, 5.41) is 2.57. The SMILES string of the molecule is CC[C@@H](C)Oc1c(/C=C2\NC(=O)N(Cc3ccc(C(=O)OC)o3)C2=O)cc(Br)cc1OC. The minimum Gasteiger partial charge on any atom is -0.493 e. The van der Waals surface area contributed by atoms with Crippen molar-refractivity contribution in [2.45, 2.75) is 32.9 Å². The topological polar surface area (TPSA) is 107 Å². The zero-order valence-electron chi connectivity index (χ0n) is 18.1. The molecule has 1 aromatic carbocycles. The van der Waals surface area contributed by atoms with Gasteiger partial charge in [0.25, 0.3) is 5.91 Å². The number of nitrogens with zero attached hydrogens (tertiary/aromatic N) is 1. The average molecular weight is 507 g/mol. The molecule has 0 spiro atoms. The van der Waals surface area contributed by atoms with E-state index >= 15 is 0 Å². The molecule has 10 heteroatoms. The van der Waals surface area contributed by atoms with Crippen LogP contribution in [0.1, 0.15) is 42.1 Å². The van der Waals surface area contributed by atoms with Gasteiger partial charge in [-0.25, -0.2) is 9.59 Å². The monoisotopic (exact) mass is 506 g/mol. The first-order chi connectivity index (χ1) is 15.3. The first-order valence-corrected chi connectivity index (χ1v) is 10.6. The maximum atomic E-state index is 12.9. The highest BCUT2D eigenvalue weighted by Gasteiger charge is 2.35. The maximum Gasteiger partial charge on any atom is 0.373 e. The predicted octanol–water partition coefficient (Wildman–Crippen LogP) is 4.11. The Morgan fingerprint density at radius 1 is 1.28 bits per heavy atom. The smallest absolute Gasteiger partial charge is 0.373 e. The van der Waals surface area contributed by atoms with Crippen molar-refractivity contribution in [1.82, 2.24) is 10.2 Å². The van der Waals surface area contributed by atoms with Gasteiger partial charge in [-0.05, 0) is 43.7 Å². The van der Waals surface area contributed by atoms with Crippen LogP contribution in [0.3, 0.4) is 0 Å². The lowest BCUT2D eigenvalue weighted by Gasteiger charge is -2.18. The second-order valence-corrected chi connectivity index (χ2v) is 7.92. The van der Waals surface area contributed by atoms with Crippen LogP contribution < -0.4 is 14.8 Å². The molecular weight excluding hydrogens is 484 g/mol. The van der Waals surface area contributed by atoms with E-state index in [4.69, 9.17) is 13.9 Å². The van der Waals surface area contributed by atoms with Crippen LogP contribution in [0.15, 0.2) is 38.9 Å². The van der Waals surface area contributed by atoms with Crippen LogP contribution in [0.25, 0.3) is 6.08 Å². The van der Waals surface area contributed by atoms with Crippen molar-refractivity contribution in [3.8, 4) is 11.5 Å². The lowest BCUT2D eigenvalue weighted by Crippen LogP contribution is -2.30. The van der Waals surface area contributed by atoms with Crippen molar-refractivity contribution in [2.75, 3.05) is 14.2 Å². The summed E-state index contributed by atoms with van der Waals surface area (Å²) in [7, 11) is 2.76. The highest BCUT2D eigenvalue weighted by atomic mass is 79.9. The Bertz CT molecular complexity index is 1080.